The Morgan fingerprint density at radius 1 is 1.31 bits per heavy atom. The van der Waals surface area contributed by atoms with Crippen molar-refractivity contribution in [2.75, 3.05) is 12.4 Å². The van der Waals surface area contributed by atoms with Crippen LogP contribution in [0.4, 0.5) is 10.1 Å². The Balaban J connectivity index is 1.71. The molecule has 3 aromatic rings. The second kappa shape index (κ2) is 11.0. The smallest absolute Gasteiger partial charge is 0.237 e. The van der Waals surface area contributed by atoms with Gasteiger partial charge in [-0.25, -0.2) is 4.39 Å². The van der Waals surface area contributed by atoms with Gasteiger partial charge in [-0.15, -0.1) is 16.8 Å². The highest BCUT2D eigenvalue weighted by atomic mass is 35.5. The van der Waals surface area contributed by atoms with Gasteiger partial charge in [-0.3, -0.25) is 9.36 Å². The molecule has 2 aromatic carbocycles. The lowest BCUT2D eigenvalue weighted by molar-refractivity contribution is -0.115. The molecule has 1 N–H and O–H groups in total. The molecule has 0 aliphatic rings. The third kappa shape index (κ3) is 5.80. The first kappa shape index (κ1) is 23.6. The number of aromatic nitrogens is 3. The van der Waals surface area contributed by atoms with Crippen molar-refractivity contribution in [3.05, 3.63) is 71.8 Å². The van der Waals surface area contributed by atoms with Crippen molar-refractivity contribution in [2.24, 2.45) is 0 Å². The van der Waals surface area contributed by atoms with Gasteiger partial charge in [0.1, 0.15) is 12.4 Å². The van der Waals surface area contributed by atoms with E-state index in [1.807, 2.05) is 0 Å². The Bertz CT molecular complexity index is 1110. The first-order valence-electron chi connectivity index (χ1n) is 9.64. The molecule has 0 fully saturated rings. The largest absolute Gasteiger partial charge is 0.495 e. The van der Waals surface area contributed by atoms with Gasteiger partial charge in [0.2, 0.25) is 5.91 Å². The Hall–Kier alpha value is -3.04. The van der Waals surface area contributed by atoms with E-state index < -0.39 is 11.1 Å². The van der Waals surface area contributed by atoms with E-state index in [1.165, 1.54) is 31.0 Å². The monoisotopic (exact) mass is 476 g/mol. The number of nitrogens with one attached hydrogen (secondary N) is 1. The van der Waals surface area contributed by atoms with Crippen LogP contribution < -0.4 is 14.8 Å². The fourth-order valence-corrected chi connectivity index (χ4v) is 3.80. The number of ether oxygens (including phenoxy) is 2. The van der Waals surface area contributed by atoms with Crippen molar-refractivity contribution < 1.29 is 18.7 Å². The van der Waals surface area contributed by atoms with Crippen molar-refractivity contribution in [3.63, 3.8) is 0 Å². The molecule has 168 valence electrons. The Kier molecular flexibility index (Phi) is 8.13. The summed E-state index contributed by atoms with van der Waals surface area (Å²) in [6, 6.07) is 11.1. The predicted molar refractivity (Wildman–Crippen MR) is 123 cm³/mol. The number of para-hydroxylation sites is 1. The molecule has 0 unspecified atom stereocenters. The van der Waals surface area contributed by atoms with Crippen LogP contribution in [-0.4, -0.2) is 33.0 Å². The van der Waals surface area contributed by atoms with E-state index >= 15 is 0 Å². The zero-order valence-electron chi connectivity index (χ0n) is 17.5. The number of benzene rings is 2. The molecule has 3 rings (SSSR count). The minimum absolute atomic E-state index is 0.0165. The van der Waals surface area contributed by atoms with Gasteiger partial charge in [0, 0.05) is 11.6 Å². The number of carbonyl (C=O) groups excluding carboxylic acids is 1. The third-order valence-corrected chi connectivity index (χ3v) is 5.68. The van der Waals surface area contributed by atoms with Gasteiger partial charge in [0.15, 0.2) is 22.5 Å². The lowest BCUT2D eigenvalue weighted by atomic mass is 10.3. The van der Waals surface area contributed by atoms with Crippen LogP contribution in [0.1, 0.15) is 12.7 Å². The SMILES string of the molecule is C=CCn1c(COc2ccccc2F)nnc1S[C@H](C)C(=O)Nc1cc(Cl)ccc1OC. The maximum atomic E-state index is 13.8. The fourth-order valence-electron chi connectivity index (χ4n) is 2.75. The van der Waals surface area contributed by atoms with Crippen LogP contribution in [0, 0.1) is 5.82 Å². The van der Waals surface area contributed by atoms with E-state index in [0.717, 1.165) is 0 Å². The maximum absolute atomic E-state index is 13.8. The number of amides is 1. The van der Waals surface area contributed by atoms with Gasteiger partial charge >= 0.3 is 0 Å². The summed E-state index contributed by atoms with van der Waals surface area (Å²) in [6.45, 7) is 5.93. The normalized spacial score (nSPS) is 11.6. The minimum Gasteiger partial charge on any atom is -0.495 e. The van der Waals surface area contributed by atoms with Crippen LogP contribution in [-0.2, 0) is 17.9 Å². The van der Waals surface area contributed by atoms with Gasteiger partial charge in [0.05, 0.1) is 18.0 Å². The zero-order valence-corrected chi connectivity index (χ0v) is 19.1. The van der Waals surface area contributed by atoms with Crippen molar-refractivity contribution >= 4 is 35.0 Å². The Labute approximate surface area is 194 Å². The number of anilines is 1. The van der Waals surface area contributed by atoms with Gasteiger partial charge in [0.25, 0.3) is 0 Å². The van der Waals surface area contributed by atoms with Crippen LogP contribution in [0.15, 0.2) is 60.3 Å². The molecule has 0 aliphatic heterocycles. The Morgan fingerprint density at radius 3 is 2.81 bits per heavy atom. The average molecular weight is 477 g/mol. The van der Waals surface area contributed by atoms with Crippen molar-refractivity contribution in [1.29, 1.82) is 0 Å². The number of rotatable bonds is 10. The number of methoxy groups -OCH3 is 1. The first-order chi connectivity index (χ1) is 15.4. The summed E-state index contributed by atoms with van der Waals surface area (Å²) >= 11 is 7.26. The Morgan fingerprint density at radius 2 is 2.09 bits per heavy atom. The molecule has 7 nitrogen and oxygen atoms in total. The van der Waals surface area contributed by atoms with E-state index in [0.29, 0.717) is 34.0 Å². The molecule has 0 aliphatic carbocycles. The van der Waals surface area contributed by atoms with Crippen LogP contribution in [0.25, 0.3) is 0 Å². The highest BCUT2D eigenvalue weighted by Crippen LogP contribution is 2.30. The van der Waals surface area contributed by atoms with E-state index in [2.05, 4.69) is 22.1 Å². The van der Waals surface area contributed by atoms with E-state index in [4.69, 9.17) is 21.1 Å². The summed E-state index contributed by atoms with van der Waals surface area (Å²) < 4.78 is 26.4. The molecule has 1 atom stereocenters. The topological polar surface area (TPSA) is 78.3 Å². The molecule has 0 bridgehead atoms. The number of thioether (sulfide) groups is 1. The van der Waals surface area contributed by atoms with Gasteiger partial charge in [-0.1, -0.05) is 41.6 Å². The molecule has 1 aromatic heterocycles. The second-order valence-corrected chi connectivity index (χ2v) is 8.36. The number of allylic oxidation sites excluding steroid dienone is 1. The summed E-state index contributed by atoms with van der Waals surface area (Å²) in [7, 11) is 1.51. The zero-order chi connectivity index (χ0) is 23.1. The second-order valence-electron chi connectivity index (χ2n) is 6.61. The number of carbonyl (C=O) groups is 1. The first-order valence-corrected chi connectivity index (χ1v) is 10.9. The van der Waals surface area contributed by atoms with Crippen molar-refractivity contribution in [2.45, 2.75) is 30.5 Å². The van der Waals surface area contributed by atoms with E-state index in [1.54, 1.807) is 47.9 Å². The van der Waals surface area contributed by atoms with Gasteiger partial charge in [-0.05, 0) is 37.3 Å². The molecule has 32 heavy (non-hydrogen) atoms. The molecule has 10 heteroatoms. The summed E-state index contributed by atoms with van der Waals surface area (Å²) in [5.41, 5.74) is 0.476. The standard InChI is InChI=1S/C22H22ClFN4O3S/c1-4-11-28-20(13-31-18-8-6-5-7-16(18)24)26-27-22(28)32-14(2)21(29)25-17-12-15(23)9-10-19(17)30-3/h4-10,12,14H,1,11,13H2,2-3H3,(H,25,29)/t14-/m1/s1. The predicted octanol–water partition coefficient (Wildman–Crippen LogP) is 4.96. The van der Waals surface area contributed by atoms with E-state index in [-0.39, 0.29) is 18.3 Å². The van der Waals surface area contributed by atoms with Gasteiger partial charge < -0.3 is 14.8 Å². The van der Waals surface area contributed by atoms with E-state index in [9.17, 15) is 9.18 Å². The van der Waals surface area contributed by atoms with Crippen LogP contribution in [0.3, 0.4) is 0 Å². The van der Waals surface area contributed by atoms with Crippen LogP contribution in [0.5, 0.6) is 11.5 Å². The van der Waals surface area contributed by atoms with Crippen LogP contribution in [0.2, 0.25) is 5.02 Å². The highest BCUT2D eigenvalue weighted by Gasteiger charge is 2.21. The maximum Gasteiger partial charge on any atom is 0.237 e. The lowest BCUT2D eigenvalue weighted by Gasteiger charge is -2.15. The number of halogens is 2. The van der Waals surface area contributed by atoms with Gasteiger partial charge in [-0.2, -0.15) is 0 Å². The lowest BCUT2D eigenvalue weighted by Crippen LogP contribution is -2.23. The minimum atomic E-state index is -0.508. The van der Waals surface area contributed by atoms with Crippen LogP contribution >= 0.6 is 23.4 Å². The number of hydrogen-bond donors (Lipinski definition) is 1. The van der Waals surface area contributed by atoms with Crippen molar-refractivity contribution in [1.82, 2.24) is 14.8 Å². The summed E-state index contributed by atoms with van der Waals surface area (Å²) in [4.78, 5) is 12.7. The number of nitrogens with zero attached hydrogens (tertiary/aromatic N) is 3. The number of hydrogen-bond acceptors (Lipinski definition) is 6. The molecular formula is C22H22ClFN4O3S. The van der Waals surface area contributed by atoms with Crippen molar-refractivity contribution in [3.8, 4) is 11.5 Å². The fraction of sp³-hybridized carbons (Fsp3) is 0.227. The third-order valence-electron chi connectivity index (χ3n) is 4.37. The molecular weight excluding hydrogens is 455 g/mol. The molecule has 0 saturated heterocycles. The average Bonchev–Trinajstić information content (AvgIpc) is 3.14. The molecule has 1 amide bonds. The summed E-state index contributed by atoms with van der Waals surface area (Å²) in [5.74, 6) is 0.395. The molecule has 1 heterocycles. The quantitative estimate of drug-likeness (QED) is 0.329. The molecule has 0 spiro atoms. The summed E-state index contributed by atoms with van der Waals surface area (Å²) in [6.07, 6.45) is 1.68. The summed E-state index contributed by atoms with van der Waals surface area (Å²) in [5, 5.41) is 11.6. The molecule has 0 saturated carbocycles. The highest BCUT2D eigenvalue weighted by molar-refractivity contribution is 8.00. The molecule has 0 radical (unpaired) electrons.